The molecule has 5 nitrogen and oxygen atoms in total. The van der Waals surface area contributed by atoms with Crippen molar-refractivity contribution in [3.8, 4) is 11.6 Å². The van der Waals surface area contributed by atoms with Gasteiger partial charge in [-0.1, -0.05) is 30.3 Å². The van der Waals surface area contributed by atoms with E-state index < -0.39 is 0 Å². The molecule has 0 radical (unpaired) electrons. The van der Waals surface area contributed by atoms with Crippen LogP contribution in [0.3, 0.4) is 0 Å². The molecule has 0 atom stereocenters. The molecule has 1 N–H and O–H groups in total. The maximum atomic E-state index is 5.39. The number of imidazole rings is 1. The van der Waals surface area contributed by atoms with Crippen LogP contribution in [0.5, 0.6) is 0 Å². The van der Waals surface area contributed by atoms with Crippen molar-refractivity contribution in [2.45, 2.75) is 13.5 Å². The van der Waals surface area contributed by atoms with Crippen molar-refractivity contribution in [3.05, 3.63) is 60.0 Å². The SMILES string of the molecule is Cc1nn(Cc2ccccc2)c2nc(-c3ccco3)[nH]c12. The quantitative estimate of drug-likeness (QED) is 0.625. The molecule has 3 heterocycles. The molecule has 1 aromatic carbocycles. The number of aryl methyl sites for hydroxylation is 1. The highest BCUT2D eigenvalue weighted by Crippen LogP contribution is 2.23. The Morgan fingerprint density at radius 3 is 2.76 bits per heavy atom. The van der Waals surface area contributed by atoms with E-state index in [1.807, 2.05) is 41.9 Å². The van der Waals surface area contributed by atoms with Crippen LogP contribution in [0.4, 0.5) is 0 Å². The van der Waals surface area contributed by atoms with Crippen LogP contribution in [-0.4, -0.2) is 19.7 Å². The van der Waals surface area contributed by atoms with E-state index >= 15 is 0 Å². The van der Waals surface area contributed by atoms with Gasteiger partial charge in [-0.05, 0) is 24.6 Å². The second kappa shape index (κ2) is 4.63. The summed E-state index contributed by atoms with van der Waals surface area (Å²) in [5.74, 6) is 1.47. The lowest BCUT2D eigenvalue weighted by Gasteiger charge is -2.01. The number of hydrogen-bond acceptors (Lipinski definition) is 3. The molecule has 0 bridgehead atoms. The van der Waals surface area contributed by atoms with Crippen molar-refractivity contribution in [2.24, 2.45) is 0 Å². The summed E-state index contributed by atoms with van der Waals surface area (Å²) in [5, 5.41) is 4.56. The monoisotopic (exact) mass is 278 g/mol. The van der Waals surface area contributed by atoms with Crippen LogP contribution in [0.15, 0.2) is 53.1 Å². The van der Waals surface area contributed by atoms with E-state index in [0.29, 0.717) is 6.54 Å². The highest BCUT2D eigenvalue weighted by atomic mass is 16.3. The van der Waals surface area contributed by atoms with Gasteiger partial charge in [-0.2, -0.15) is 5.10 Å². The molecule has 0 spiro atoms. The van der Waals surface area contributed by atoms with Gasteiger partial charge in [0.2, 0.25) is 0 Å². The molecule has 0 saturated carbocycles. The van der Waals surface area contributed by atoms with E-state index in [0.717, 1.165) is 28.4 Å². The maximum absolute atomic E-state index is 5.39. The second-order valence-corrected chi connectivity index (χ2v) is 4.99. The lowest BCUT2D eigenvalue weighted by molar-refractivity contribution is 0.578. The van der Waals surface area contributed by atoms with Crippen molar-refractivity contribution >= 4 is 11.2 Å². The molecule has 0 aliphatic rings. The number of hydrogen-bond donors (Lipinski definition) is 1. The Morgan fingerprint density at radius 2 is 2.00 bits per heavy atom. The van der Waals surface area contributed by atoms with Crippen LogP contribution < -0.4 is 0 Å². The summed E-state index contributed by atoms with van der Waals surface area (Å²) >= 11 is 0. The molecule has 4 aromatic rings. The number of nitrogens with zero attached hydrogens (tertiary/aromatic N) is 3. The van der Waals surface area contributed by atoms with Crippen LogP contribution in [0.25, 0.3) is 22.7 Å². The number of aromatic nitrogens is 4. The molecular weight excluding hydrogens is 264 g/mol. The minimum Gasteiger partial charge on any atom is -0.461 e. The molecular formula is C16H14N4O. The van der Waals surface area contributed by atoms with Crippen molar-refractivity contribution in [1.29, 1.82) is 0 Å². The van der Waals surface area contributed by atoms with Crippen molar-refractivity contribution < 1.29 is 4.42 Å². The van der Waals surface area contributed by atoms with E-state index in [1.54, 1.807) is 6.26 Å². The highest BCUT2D eigenvalue weighted by molar-refractivity contribution is 5.77. The molecule has 0 unspecified atom stereocenters. The number of rotatable bonds is 3. The number of nitrogens with one attached hydrogen (secondary N) is 1. The first kappa shape index (κ1) is 12.0. The van der Waals surface area contributed by atoms with Gasteiger partial charge in [0.05, 0.1) is 18.5 Å². The van der Waals surface area contributed by atoms with Crippen LogP contribution in [0, 0.1) is 6.92 Å². The zero-order chi connectivity index (χ0) is 14.2. The first-order valence-electron chi connectivity index (χ1n) is 6.82. The summed E-state index contributed by atoms with van der Waals surface area (Å²) in [4.78, 5) is 7.91. The van der Waals surface area contributed by atoms with Gasteiger partial charge in [-0.3, -0.25) is 0 Å². The lowest BCUT2D eigenvalue weighted by Crippen LogP contribution is -2.02. The number of aromatic amines is 1. The fourth-order valence-corrected chi connectivity index (χ4v) is 2.48. The molecule has 0 aliphatic heterocycles. The number of fused-ring (bicyclic) bond motifs is 1. The smallest absolute Gasteiger partial charge is 0.177 e. The minimum atomic E-state index is 0.702. The zero-order valence-corrected chi connectivity index (χ0v) is 11.6. The number of H-pyrrole nitrogens is 1. The molecule has 5 heteroatoms. The zero-order valence-electron chi connectivity index (χ0n) is 11.6. The second-order valence-electron chi connectivity index (χ2n) is 4.99. The van der Waals surface area contributed by atoms with Crippen LogP contribution >= 0.6 is 0 Å². The molecule has 4 rings (SSSR count). The normalized spacial score (nSPS) is 11.3. The number of furan rings is 1. The molecule has 104 valence electrons. The summed E-state index contributed by atoms with van der Waals surface area (Å²) < 4.78 is 7.31. The van der Waals surface area contributed by atoms with Gasteiger partial charge in [-0.15, -0.1) is 0 Å². The van der Waals surface area contributed by atoms with Gasteiger partial charge in [-0.25, -0.2) is 9.67 Å². The first-order chi connectivity index (χ1) is 10.3. The molecule has 0 fully saturated rings. The fraction of sp³-hybridized carbons (Fsp3) is 0.125. The Balaban J connectivity index is 1.79. The third-order valence-electron chi connectivity index (χ3n) is 3.49. The minimum absolute atomic E-state index is 0.702. The van der Waals surface area contributed by atoms with Crippen molar-refractivity contribution in [3.63, 3.8) is 0 Å². The van der Waals surface area contributed by atoms with E-state index in [2.05, 4.69) is 27.2 Å². The summed E-state index contributed by atoms with van der Waals surface area (Å²) in [6, 6.07) is 14.0. The van der Waals surface area contributed by atoms with Crippen LogP contribution in [-0.2, 0) is 6.54 Å². The molecule has 3 aromatic heterocycles. The molecule has 0 saturated heterocycles. The Morgan fingerprint density at radius 1 is 1.14 bits per heavy atom. The predicted molar refractivity (Wildman–Crippen MR) is 79.9 cm³/mol. The van der Waals surface area contributed by atoms with Gasteiger partial charge in [0.25, 0.3) is 0 Å². The van der Waals surface area contributed by atoms with Crippen LogP contribution in [0.1, 0.15) is 11.3 Å². The summed E-state index contributed by atoms with van der Waals surface area (Å²) in [7, 11) is 0. The lowest BCUT2D eigenvalue weighted by atomic mass is 10.2. The Hall–Kier alpha value is -2.82. The topological polar surface area (TPSA) is 59.6 Å². The highest BCUT2D eigenvalue weighted by Gasteiger charge is 2.15. The Bertz CT molecular complexity index is 872. The van der Waals surface area contributed by atoms with Gasteiger partial charge in [0.1, 0.15) is 5.52 Å². The maximum Gasteiger partial charge on any atom is 0.177 e. The van der Waals surface area contributed by atoms with E-state index in [-0.39, 0.29) is 0 Å². The van der Waals surface area contributed by atoms with E-state index in [9.17, 15) is 0 Å². The first-order valence-corrected chi connectivity index (χ1v) is 6.82. The van der Waals surface area contributed by atoms with E-state index in [4.69, 9.17) is 4.42 Å². The Labute approximate surface area is 121 Å². The summed E-state index contributed by atoms with van der Waals surface area (Å²) in [6.07, 6.45) is 1.64. The molecule has 21 heavy (non-hydrogen) atoms. The Kier molecular flexibility index (Phi) is 2.64. The van der Waals surface area contributed by atoms with Crippen LogP contribution in [0.2, 0.25) is 0 Å². The number of benzene rings is 1. The van der Waals surface area contributed by atoms with Crippen molar-refractivity contribution in [2.75, 3.05) is 0 Å². The molecule has 0 amide bonds. The van der Waals surface area contributed by atoms with E-state index in [1.165, 1.54) is 5.56 Å². The van der Waals surface area contributed by atoms with Gasteiger partial charge in [0, 0.05) is 0 Å². The largest absolute Gasteiger partial charge is 0.461 e. The van der Waals surface area contributed by atoms with Gasteiger partial charge in [0.15, 0.2) is 17.2 Å². The summed E-state index contributed by atoms with van der Waals surface area (Å²) in [5.41, 5.74) is 3.94. The summed E-state index contributed by atoms with van der Waals surface area (Å²) in [6.45, 7) is 2.68. The van der Waals surface area contributed by atoms with Crippen molar-refractivity contribution in [1.82, 2.24) is 19.7 Å². The van der Waals surface area contributed by atoms with Gasteiger partial charge >= 0.3 is 0 Å². The third kappa shape index (κ3) is 2.03. The third-order valence-corrected chi connectivity index (χ3v) is 3.49. The average Bonchev–Trinajstić information content (AvgIpc) is 3.20. The average molecular weight is 278 g/mol. The standard InChI is InChI=1S/C16H14N4O/c1-11-14-16(18-15(17-14)13-8-5-9-21-13)20(19-11)10-12-6-3-2-4-7-12/h2-9H,10H2,1H3,(H,17,18). The van der Waals surface area contributed by atoms with Gasteiger partial charge < -0.3 is 9.40 Å². The fourth-order valence-electron chi connectivity index (χ4n) is 2.48. The molecule has 0 aliphatic carbocycles. The predicted octanol–water partition coefficient (Wildman–Crippen LogP) is 3.38.